The first-order valence-corrected chi connectivity index (χ1v) is 14.2. The van der Waals surface area contributed by atoms with Gasteiger partial charge in [0.2, 0.25) is 0 Å². The van der Waals surface area contributed by atoms with Crippen LogP contribution in [0.15, 0.2) is 104 Å². The summed E-state index contributed by atoms with van der Waals surface area (Å²) in [5.74, 6) is 1.19. The number of hydrogen-bond acceptors (Lipinski definition) is 4. The summed E-state index contributed by atoms with van der Waals surface area (Å²) in [4.78, 5) is 13.7. The van der Waals surface area contributed by atoms with Gasteiger partial charge in [-0.15, -0.1) is 12.1 Å². The van der Waals surface area contributed by atoms with Gasteiger partial charge in [0.1, 0.15) is 0 Å². The molecule has 0 saturated carbocycles. The number of aromatic nitrogens is 5. The Morgan fingerprint density at radius 3 is 2.00 bits per heavy atom. The number of rotatable bonds is 3. The third-order valence-corrected chi connectivity index (χ3v) is 8.45. The topological polar surface area (TPSA) is 56.7 Å². The van der Waals surface area contributed by atoms with E-state index in [1.807, 2.05) is 43.0 Å². The number of fused-ring (bicyclic) bond motifs is 12. The number of hydrogen-bond donors (Lipinski definition) is 0. The molecule has 0 fully saturated rings. The maximum atomic E-state index is 6.39. The maximum Gasteiger partial charge on any atom is 2.00 e. The summed E-state index contributed by atoms with van der Waals surface area (Å²) in [6.07, 6.45) is 11.3. The number of para-hydroxylation sites is 1. The summed E-state index contributed by atoms with van der Waals surface area (Å²) in [5, 5.41) is 6.07. The summed E-state index contributed by atoms with van der Waals surface area (Å²) in [6, 6.07) is 30.0. The fourth-order valence-corrected chi connectivity index (χ4v) is 6.61. The zero-order valence-electron chi connectivity index (χ0n) is 23.8. The second-order valence-corrected chi connectivity index (χ2v) is 10.9. The van der Waals surface area contributed by atoms with Crippen molar-refractivity contribution in [3.05, 3.63) is 127 Å². The van der Waals surface area contributed by atoms with Gasteiger partial charge in [-0.2, -0.15) is 0 Å². The van der Waals surface area contributed by atoms with E-state index in [1.54, 1.807) is 12.4 Å². The number of ether oxygens (including phenoxy) is 1. The fourth-order valence-electron chi connectivity index (χ4n) is 6.61. The van der Waals surface area contributed by atoms with Crippen LogP contribution in [0.5, 0.6) is 11.5 Å². The zero-order chi connectivity index (χ0) is 28.7. The molecule has 0 aliphatic rings. The van der Waals surface area contributed by atoms with Crippen molar-refractivity contribution in [2.75, 3.05) is 0 Å². The Morgan fingerprint density at radius 1 is 0.636 bits per heavy atom. The monoisotopic (exact) mass is 748 g/mol. The molecule has 0 saturated heterocycles. The van der Waals surface area contributed by atoms with Gasteiger partial charge in [-0.05, 0) is 47.4 Å². The van der Waals surface area contributed by atoms with Gasteiger partial charge in [-0.3, -0.25) is 15.0 Å². The molecule has 0 bridgehead atoms. The Kier molecular flexibility index (Phi) is 6.04. The fraction of sp³-hybridized carbons (Fsp3) is 0.0541. The van der Waals surface area contributed by atoms with E-state index in [-0.39, 0.29) is 21.1 Å². The molecule has 44 heavy (non-hydrogen) atoms. The van der Waals surface area contributed by atoms with Crippen LogP contribution in [0.1, 0.15) is 11.1 Å². The van der Waals surface area contributed by atoms with Gasteiger partial charge in [0.15, 0.2) is 0 Å². The second-order valence-electron chi connectivity index (χ2n) is 10.9. The van der Waals surface area contributed by atoms with E-state index in [9.17, 15) is 0 Å². The van der Waals surface area contributed by atoms with E-state index in [4.69, 9.17) is 9.72 Å². The molecule has 0 aliphatic carbocycles. The van der Waals surface area contributed by atoms with E-state index < -0.39 is 0 Å². The molecule has 212 valence electrons. The normalized spacial score (nSPS) is 11.7. The van der Waals surface area contributed by atoms with Gasteiger partial charge in [-0.25, -0.2) is 0 Å². The third-order valence-electron chi connectivity index (χ3n) is 8.45. The molecule has 5 aromatic heterocycles. The SMILES string of the molecule is Cc1cccc(C)c1-c1cccc2c3ccc(Oc4[c-]c5c(cc4)c4cnccc4n4ccnc54)[c-]c3c3nccn3c12.[Pt+2]. The summed E-state index contributed by atoms with van der Waals surface area (Å²) in [6.45, 7) is 4.34. The van der Waals surface area contributed by atoms with Crippen LogP contribution in [0, 0.1) is 26.0 Å². The van der Waals surface area contributed by atoms with Gasteiger partial charge < -0.3 is 13.5 Å². The quantitative estimate of drug-likeness (QED) is 0.134. The standard InChI is InChI=1S/C37H23N5O.Pt/c1-22-5-3-6-23(2)34(22)29-8-4-7-28-26-11-9-24(19-30(26)37-40-16-18-42(37)35(28)29)43-25-10-12-27-31(20-25)36-39-15-17-41(36)33-13-14-38-21-32(27)33;/h3-18,21H,1-2H3;/q-2;+2. The molecule has 0 spiro atoms. The van der Waals surface area contributed by atoms with Crippen molar-refractivity contribution >= 4 is 54.6 Å². The maximum absolute atomic E-state index is 6.39. The van der Waals surface area contributed by atoms with Crippen molar-refractivity contribution in [3.63, 3.8) is 0 Å². The van der Waals surface area contributed by atoms with Gasteiger partial charge >= 0.3 is 21.1 Å². The predicted molar refractivity (Wildman–Crippen MR) is 171 cm³/mol. The Bertz CT molecular complexity index is 2560. The molecule has 5 heterocycles. The summed E-state index contributed by atoms with van der Waals surface area (Å²) in [7, 11) is 0. The minimum atomic E-state index is 0. The molecule has 0 N–H and O–H groups in total. The third kappa shape index (κ3) is 3.81. The Morgan fingerprint density at radius 2 is 1.27 bits per heavy atom. The minimum absolute atomic E-state index is 0. The largest absolute Gasteiger partial charge is 2.00 e. The number of imidazole rings is 2. The molecule has 0 atom stereocenters. The summed E-state index contributed by atoms with van der Waals surface area (Å²) >= 11 is 0. The molecule has 0 radical (unpaired) electrons. The Balaban J connectivity index is 0.00000289. The van der Waals surface area contributed by atoms with Crippen molar-refractivity contribution in [2.24, 2.45) is 0 Å². The molecule has 0 unspecified atom stereocenters. The number of aryl methyl sites for hydroxylation is 2. The molecule has 9 aromatic rings. The van der Waals surface area contributed by atoms with Crippen molar-refractivity contribution in [1.82, 2.24) is 23.8 Å². The second kappa shape index (κ2) is 10.0. The van der Waals surface area contributed by atoms with Crippen molar-refractivity contribution < 1.29 is 25.8 Å². The van der Waals surface area contributed by atoms with E-state index in [2.05, 4.69) is 93.3 Å². The van der Waals surface area contributed by atoms with Gasteiger partial charge in [-0.1, -0.05) is 82.2 Å². The molecular weight excluding hydrogens is 726 g/mol. The van der Waals surface area contributed by atoms with Crippen LogP contribution >= 0.6 is 0 Å². The van der Waals surface area contributed by atoms with Crippen LogP contribution in [0.25, 0.3) is 65.8 Å². The number of nitrogens with zero attached hydrogens (tertiary/aromatic N) is 5. The van der Waals surface area contributed by atoms with Crippen LogP contribution < -0.4 is 4.74 Å². The van der Waals surface area contributed by atoms with E-state index in [1.165, 1.54) is 22.3 Å². The van der Waals surface area contributed by atoms with Crippen LogP contribution in [0.4, 0.5) is 0 Å². The van der Waals surface area contributed by atoms with Crippen molar-refractivity contribution in [1.29, 1.82) is 0 Å². The average Bonchev–Trinajstić information content (AvgIpc) is 3.72. The van der Waals surface area contributed by atoms with E-state index in [0.717, 1.165) is 54.6 Å². The predicted octanol–water partition coefficient (Wildman–Crippen LogP) is 8.66. The van der Waals surface area contributed by atoms with Crippen LogP contribution in [0.2, 0.25) is 0 Å². The van der Waals surface area contributed by atoms with Crippen LogP contribution in [-0.4, -0.2) is 23.8 Å². The van der Waals surface area contributed by atoms with Crippen LogP contribution in [-0.2, 0) is 21.1 Å². The van der Waals surface area contributed by atoms with Gasteiger partial charge in [0, 0.05) is 65.3 Å². The first-order chi connectivity index (χ1) is 21.2. The van der Waals surface area contributed by atoms with Gasteiger partial charge in [0.05, 0.1) is 11.3 Å². The van der Waals surface area contributed by atoms with E-state index in [0.29, 0.717) is 11.5 Å². The van der Waals surface area contributed by atoms with E-state index >= 15 is 0 Å². The van der Waals surface area contributed by atoms with Crippen molar-refractivity contribution in [3.8, 4) is 22.6 Å². The summed E-state index contributed by atoms with van der Waals surface area (Å²) < 4.78 is 10.6. The molecule has 9 rings (SSSR count). The average molecular weight is 749 g/mol. The zero-order valence-corrected chi connectivity index (χ0v) is 26.0. The first kappa shape index (κ1) is 26.6. The first-order valence-electron chi connectivity index (χ1n) is 14.2. The van der Waals surface area contributed by atoms with Crippen LogP contribution in [0.3, 0.4) is 0 Å². The number of pyridine rings is 3. The molecule has 6 nitrogen and oxygen atoms in total. The number of benzene rings is 4. The van der Waals surface area contributed by atoms with Crippen molar-refractivity contribution in [2.45, 2.75) is 13.8 Å². The van der Waals surface area contributed by atoms with Gasteiger partial charge in [0.25, 0.3) is 0 Å². The summed E-state index contributed by atoms with van der Waals surface area (Å²) in [5.41, 5.74) is 8.80. The smallest absolute Gasteiger partial charge is 0.497 e. The molecule has 7 heteroatoms. The molecule has 0 aliphatic heterocycles. The molecule has 4 aromatic carbocycles. The Hall–Kier alpha value is -5.06. The molecule has 0 amide bonds. The minimum Gasteiger partial charge on any atom is -0.497 e. The Labute approximate surface area is 266 Å². The molecular formula is C37H23N5OPt.